The van der Waals surface area contributed by atoms with Gasteiger partial charge in [-0.05, 0) is 18.9 Å². The molecule has 1 aromatic rings. The minimum Gasteiger partial charge on any atom is -0.370 e. The van der Waals surface area contributed by atoms with Crippen molar-refractivity contribution in [2.24, 2.45) is 16.5 Å². The molecular weight excluding hydrogens is 262 g/mol. The molecule has 4 N–H and O–H groups in total. The lowest BCUT2D eigenvalue weighted by Gasteiger charge is -2.24. The van der Waals surface area contributed by atoms with Gasteiger partial charge in [-0.25, -0.2) is 0 Å². The maximum atomic E-state index is 11.9. The number of aliphatic imine (C=N–C) groups is 1. The van der Waals surface area contributed by atoms with Gasteiger partial charge in [-0.3, -0.25) is 14.9 Å². The van der Waals surface area contributed by atoms with E-state index in [-0.39, 0.29) is 11.6 Å². The molecular formula is C12H15N5O3. The van der Waals surface area contributed by atoms with Crippen molar-refractivity contribution in [3.05, 3.63) is 34.4 Å². The number of amides is 1. The summed E-state index contributed by atoms with van der Waals surface area (Å²) < 4.78 is 0. The van der Waals surface area contributed by atoms with Gasteiger partial charge < -0.3 is 16.4 Å². The standard InChI is InChI=1S/C12H15N5O3/c13-12(14)15-11(18)10-5-2-6-16(10)8-3-1-4-9(7-8)17(19)20/h1,3-4,7,10H,2,5-6H2,(H4,13,14,15,18). The van der Waals surface area contributed by atoms with Crippen LogP contribution in [0.25, 0.3) is 0 Å². The van der Waals surface area contributed by atoms with Gasteiger partial charge in [0.05, 0.1) is 4.92 Å². The fourth-order valence-corrected chi connectivity index (χ4v) is 2.32. The molecule has 0 radical (unpaired) electrons. The highest BCUT2D eigenvalue weighted by atomic mass is 16.6. The Balaban J connectivity index is 2.27. The van der Waals surface area contributed by atoms with Crippen LogP contribution >= 0.6 is 0 Å². The second-order valence-electron chi connectivity index (χ2n) is 4.50. The zero-order valence-corrected chi connectivity index (χ0v) is 10.7. The van der Waals surface area contributed by atoms with Crippen molar-refractivity contribution in [3.8, 4) is 0 Å². The van der Waals surface area contributed by atoms with Crippen LogP contribution in [0, 0.1) is 10.1 Å². The number of benzene rings is 1. The van der Waals surface area contributed by atoms with Crippen molar-refractivity contribution < 1.29 is 9.72 Å². The van der Waals surface area contributed by atoms with Crippen LogP contribution in [0.2, 0.25) is 0 Å². The molecule has 2 rings (SSSR count). The number of carbonyl (C=O) groups excluding carboxylic acids is 1. The Kier molecular flexibility index (Phi) is 3.83. The topological polar surface area (TPSA) is 128 Å². The number of anilines is 1. The first-order chi connectivity index (χ1) is 9.49. The second-order valence-corrected chi connectivity index (χ2v) is 4.50. The van der Waals surface area contributed by atoms with Crippen LogP contribution in [-0.2, 0) is 4.79 Å². The van der Waals surface area contributed by atoms with E-state index in [0.29, 0.717) is 18.7 Å². The van der Waals surface area contributed by atoms with E-state index in [1.165, 1.54) is 12.1 Å². The molecule has 1 aromatic carbocycles. The minimum atomic E-state index is -0.473. The summed E-state index contributed by atoms with van der Waals surface area (Å²) in [5, 5.41) is 10.8. The summed E-state index contributed by atoms with van der Waals surface area (Å²) in [7, 11) is 0. The summed E-state index contributed by atoms with van der Waals surface area (Å²) in [4.78, 5) is 27.6. The van der Waals surface area contributed by atoms with Crippen molar-refractivity contribution in [1.82, 2.24) is 0 Å². The number of hydrogen-bond acceptors (Lipinski definition) is 4. The second kappa shape index (κ2) is 5.55. The molecule has 0 aliphatic carbocycles. The van der Waals surface area contributed by atoms with Crippen LogP contribution < -0.4 is 16.4 Å². The Morgan fingerprint density at radius 3 is 2.85 bits per heavy atom. The van der Waals surface area contributed by atoms with Gasteiger partial charge in [-0.15, -0.1) is 0 Å². The largest absolute Gasteiger partial charge is 0.370 e. The Hall–Kier alpha value is -2.64. The van der Waals surface area contributed by atoms with Crippen molar-refractivity contribution in [3.63, 3.8) is 0 Å². The summed E-state index contributed by atoms with van der Waals surface area (Å²) in [6.07, 6.45) is 1.43. The zero-order chi connectivity index (χ0) is 14.7. The van der Waals surface area contributed by atoms with Crippen LogP contribution in [0.3, 0.4) is 0 Å². The molecule has 1 fully saturated rings. The molecule has 8 heteroatoms. The Bertz CT molecular complexity index is 568. The van der Waals surface area contributed by atoms with Crippen LogP contribution in [0.5, 0.6) is 0 Å². The lowest BCUT2D eigenvalue weighted by atomic mass is 10.2. The first kappa shape index (κ1) is 13.8. The molecule has 106 valence electrons. The lowest BCUT2D eigenvalue weighted by molar-refractivity contribution is -0.384. The number of guanidine groups is 1. The van der Waals surface area contributed by atoms with Gasteiger partial charge in [0, 0.05) is 24.4 Å². The van der Waals surface area contributed by atoms with Gasteiger partial charge in [0.15, 0.2) is 5.96 Å². The molecule has 0 spiro atoms. The minimum absolute atomic E-state index is 0.0116. The molecule has 1 atom stereocenters. The van der Waals surface area contributed by atoms with E-state index in [1.807, 2.05) is 0 Å². The molecule has 1 saturated heterocycles. The van der Waals surface area contributed by atoms with Crippen molar-refractivity contribution in [1.29, 1.82) is 0 Å². The predicted octanol–water partition coefficient (Wildman–Crippen LogP) is 0.364. The van der Waals surface area contributed by atoms with Gasteiger partial charge in [-0.1, -0.05) is 6.07 Å². The molecule has 20 heavy (non-hydrogen) atoms. The van der Waals surface area contributed by atoms with E-state index in [1.54, 1.807) is 17.0 Å². The normalized spacial score (nSPS) is 17.8. The highest BCUT2D eigenvalue weighted by molar-refractivity contribution is 5.96. The van der Waals surface area contributed by atoms with Crippen LogP contribution in [0.1, 0.15) is 12.8 Å². The van der Waals surface area contributed by atoms with Crippen LogP contribution in [0.4, 0.5) is 11.4 Å². The van der Waals surface area contributed by atoms with Gasteiger partial charge >= 0.3 is 0 Å². The van der Waals surface area contributed by atoms with Crippen molar-refractivity contribution in [2.45, 2.75) is 18.9 Å². The smallest absolute Gasteiger partial charge is 0.271 e. The third kappa shape index (κ3) is 2.85. The van der Waals surface area contributed by atoms with Gasteiger partial charge in [0.25, 0.3) is 11.6 Å². The maximum absolute atomic E-state index is 11.9. The fraction of sp³-hybridized carbons (Fsp3) is 0.333. The highest BCUT2D eigenvalue weighted by Gasteiger charge is 2.31. The van der Waals surface area contributed by atoms with Crippen LogP contribution in [-0.4, -0.2) is 29.4 Å². The average Bonchev–Trinajstić information content (AvgIpc) is 2.87. The highest BCUT2D eigenvalue weighted by Crippen LogP contribution is 2.28. The van der Waals surface area contributed by atoms with Crippen molar-refractivity contribution >= 4 is 23.2 Å². The molecule has 1 unspecified atom stereocenters. The fourth-order valence-electron chi connectivity index (χ4n) is 2.32. The molecule has 1 aliphatic rings. The SMILES string of the molecule is NC(N)=NC(=O)C1CCCN1c1cccc([N+](=O)[O-])c1. The number of non-ortho nitro benzene ring substituents is 1. The molecule has 0 bridgehead atoms. The van der Waals surface area contributed by atoms with E-state index in [2.05, 4.69) is 4.99 Å². The number of nitro benzene ring substituents is 1. The third-order valence-corrected chi connectivity index (χ3v) is 3.15. The molecule has 1 heterocycles. The summed E-state index contributed by atoms with van der Waals surface area (Å²) in [5.41, 5.74) is 11.0. The molecule has 0 aromatic heterocycles. The summed E-state index contributed by atoms with van der Waals surface area (Å²) in [5.74, 6) is -0.699. The number of nitrogens with two attached hydrogens (primary N) is 2. The first-order valence-electron chi connectivity index (χ1n) is 6.13. The third-order valence-electron chi connectivity index (χ3n) is 3.15. The maximum Gasteiger partial charge on any atom is 0.271 e. The summed E-state index contributed by atoms with van der Waals surface area (Å²) in [6.45, 7) is 0.636. The van der Waals surface area contributed by atoms with Crippen LogP contribution in [0.15, 0.2) is 29.3 Å². The van der Waals surface area contributed by atoms with E-state index in [9.17, 15) is 14.9 Å². The molecule has 8 nitrogen and oxygen atoms in total. The number of nitro groups is 1. The quantitative estimate of drug-likeness (QED) is 0.355. The summed E-state index contributed by atoms with van der Waals surface area (Å²) >= 11 is 0. The Morgan fingerprint density at radius 2 is 2.20 bits per heavy atom. The van der Waals surface area contributed by atoms with Gasteiger partial charge in [0.2, 0.25) is 0 Å². The molecule has 1 amide bonds. The van der Waals surface area contributed by atoms with Gasteiger partial charge in [0.1, 0.15) is 6.04 Å². The molecule has 0 saturated carbocycles. The lowest BCUT2D eigenvalue weighted by Crippen LogP contribution is -2.37. The predicted molar refractivity (Wildman–Crippen MR) is 74.3 cm³/mol. The number of nitrogens with zero attached hydrogens (tertiary/aromatic N) is 3. The summed E-state index contributed by atoms with van der Waals surface area (Å²) in [6, 6.07) is 5.70. The van der Waals surface area contributed by atoms with E-state index in [4.69, 9.17) is 11.5 Å². The average molecular weight is 277 g/mol. The number of hydrogen-bond donors (Lipinski definition) is 2. The number of carbonyl (C=O) groups is 1. The van der Waals surface area contributed by atoms with Gasteiger partial charge in [-0.2, -0.15) is 4.99 Å². The molecule has 1 aliphatic heterocycles. The Labute approximate surface area is 115 Å². The monoisotopic (exact) mass is 277 g/mol. The van der Waals surface area contributed by atoms with E-state index in [0.717, 1.165) is 6.42 Å². The Morgan fingerprint density at radius 1 is 1.45 bits per heavy atom. The van der Waals surface area contributed by atoms with Crippen molar-refractivity contribution in [2.75, 3.05) is 11.4 Å². The number of rotatable bonds is 3. The zero-order valence-electron chi connectivity index (χ0n) is 10.7. The van der Waals surface area contributed by atoms with E-state index < -0.39 is 16.9 Å². The first-order valence-corrected chi connectivity index (χ1v) is 6.13. The van der Waals surface area contributed by atoms with E-state index >= 15 is 0 Å².